The number of ketones is 1. The normalized spacial score (nSPS) is 16.3. The van der Waals surface area contributed by atoms with E-state index in [0.717, 1.165) is 0 Å². The second-order valence-electron chi connectivity index (χ2n) is 8.44. The molecule has 3 aromatic rings. The van der Waals surface area contributed by atoms with Crippen molar-refractivity contribution in [3.63, 3.8) is 0 Å². The van der Waals surface area contributed by atoms with Gasteiger partial charge in [0.2, 0.25) is 0 Å². The third kappa shape index (κ3) is 5.18. The number of halogens is 1. The number of nitrogens with zero attached hydrogens (tertiary/aromatic N) is 1. The van der Waals surface area contributed by atoms with Gasteiger partial charge in [0.25, 0.3) is 11.7 Å². The van der Waals surface area contributed by atoms with Crippen LogP contribution >= 0.6 is 11.6 Å². The number of methoxy groups -OCH3 is 2. The van der Waals surface area contributed by atoms with Crippen molar-refractivity contribution in [3.8, 4) is 28.7 Å². The standard InChI is InChI=1S/C29H28ClNO8/c1-5-38-21-12-9-17(13-24(21)39-6-2)31-26(16-7-10-18(32)11-8-16)25(28(34)29(31)35)27(33)19-14-23(37-4)20(30)15-22(19)36-3/h7-15,26,32-33H,5-6H2,1-4H3/b27-25+. The van der Waals surface area contributed by atoms with Crippen LogP contribution in [-0.4, -0.2) is 49.3 Å². The molecule has 1 aliphatic heterocycles. The Balaban J connectivity index is 1.97. The van der Waals surface area contributed by atoms with E-state index in [9.17, 15) is 19.8 Å². The van der Waals surface area contributed by atoms with E-state index < -0.39 is 23.5 Å². The third-order valence-corrected chi connectivity index (χ3v) is 6.48. The number of rotatable bonds is 9. The largest absolute Gasteiger partial charge is 0.508 e. The molecule has 1 saturated heterocycles. The topological polar surface area (TPSA) is 115 Å². The highest BCUT2D eigenvalue weighted by molar-refractivity contribution is 6.51. The Morgan fingerprint density at radius 2 is 1.51 bits per heavy atom. The van der Waals surface area contributed by atoms with Crippen molar-refractivity contribution in [2.75, 3.05) is 32.3 Å². The van der Waals surface area contributed by atoms with Crippen LogP contribution in [0.5, 0.6) is 28.7 Å². The number of phenolic OH excluding ortho intramolecular Hbond substituents is 1. The van der Waals surface area contributed by atoms with Gasteiger partial charge in [0.05, 0.1) is 49.6 Å². The van der Waals surface area contributed by atoms with E-state index in [-0.39, 0.29) is 33.4 Å². The lowest BCUT2D eigenvalue weighted by molar-refractivity contribution is -0.132. The predicted molar refractivity (Wildman–Crippen MR) is 146 cm³/mol. The van der Waals surface area contributed by atoms with Gasteiger partial charge in [0.15, 0.2) is 11.5 Å². The van der Waals surface area contributed by atoms with Gasteiger partial charge in [-0.25, -0.2) is 0 Å². The van der Waals surface area contributed by atoms with Gasteiger partial charge in [0.1, 0.15) is 23.0 Å². The van der Waals surface area contributed by atoms with E-state index in [2.05, 4.69) is 0 Å². The lowest BCUT2D eigenvalue weighted by Gasteiger charge is -2.26. The molecule has 204 valence electrons. The summed E-state index contributed by atoms with van der Waals surface area (Å²) in [6.07, 6.45) is 0. The molecule has 4 rings (SSSR count). The molecule has 2 N–H and O–H groups in total. The number of benzene rings is 3. The molecule has 1 aliphatic rings. The maximum atomic E-state index is 13.5. The van der Waals surface area contributed by atoms with Crippen molar-refractivity contribution in [1.29, 1.82) is 0 Å². The van der Waals surface area contributed by atoms with Gasteiger partial charge >= 0.3 is 0 Å². The van der Waals surface area contributed by atoms with Gasteiger partial charge in [-0.1, -0.05) is 23.7 Å². The van der Waals surface area contributed by atoms with Crippen molar-refractivity contribution < 1.29 is 38.7 Å². The molecule has 9 nitrogen and oxygen atoms in total. The Bertz CT molecular complexity index is 1430. The van der Waals surface area contributed by atoms with E-state index in [0.29, 0.717) is 36.0 Å². The van der Waals surface area contributed by atoms with Crippen LogP contribution in [0.2, 0.25) is 5.02 Å². The quantitative estimate of drug-likeness (QED) is 0.203. The predicted octanol–water partition coefficient (Wildman–Crippen LogP) is 5.49. The fourth-order valence-corrected chi connectivity index (χ4v) is 4.68. The molecule has 1 fully saturated rings. The van der Waals surface area contributed by atoms with Gasteiger partial charge in [-0.05, 0) is 49.7 Å². The van der Waals surface area contributed by atoms with Crippen molar-refractivity contribution >= 4 is 34.7 Å². The molecule has 1 unspecified atom stereocenters. The molecule has 0 spiro atoms. The molecule has 1 amide bonds. The Labute approximate surface area is 230 Å². The minimum atomic E-state index is -1.05. The number of aromatic hydroxyl groups is 1. The fraction of sp³-hybridized carbons (Fsp3) is 0.241. The van der Waals surface area contributed by atoms with Crippen molar-refractivity contribution in [1.82, 2.24) is 0 Å². The van der Waals surface area contributed by atoms with Crippen LogP contribution in [0.1, 0.15) is 31.0 Å². The van der Waals surface area contributed by atoms with Crippen LogP contribution in [0, 0.1) is 0 Å². The summed E-state index contributed by atoms with van der Waals surface area (Å²) in [7, 11) is 2.80. The first kappa shape index (κ1) is 27.7. The first-order chi connectivity index (χ1) is 18.7. The Morgan fingerprint density at radius 3 is 2.13 bits per heavy atom. The minimum Gasteiger partial charge on any atom is -0.508 e. The fourth-order valence-electron chi connectivity index (χ4n) is 4.45. The van der Waals surface area contributed by atoms with Crippen LogP contribution in [0.15, 0.2) is 60.2 Å². The highest BCUT2D eigenvalue weighted by atomic mass is 35.5. The molecular weight excluding hydrogens is 526 g/mol. The molecule has 3 aromatic carbocycles. The highest BCUT2D eigenvalue weighted by Gasteiger charge is 2.47. The first-order valence-electron chi connectivity index (χ1n) is 12.2. The number of amides is 1. The van der Waals surface area contributed by atoms with E-state index >= 15 is 0 Å². The van der Waals surface area contributed by atoms with Gasteiger partial charge in [0, 0.05) is 17.8 Å². The van der Waals surface area contributed by atoms with Crippen molar-refractivity contribution in [2.45, 2.75) is 19.9 Å². The minimum absolute atomic E-state index is 0.000456. The maximum Gasteiger partial charge on any atom is 0.300 e. The van der Waals surface area contributed by atoms with Gasteiger partial charge < -0.3 is 29.2 Å². The monoisotopic (exact) mass is 553 g/mol. The molecule has 39 heavy (non-hydrogen) atoms. The second kappa shape index (κ2) is 11.6. The number of hydrogen-bond acceptors (Lipinski definition) is 8. The molecule has 1 heterocycles. The lowest BCUT2D eigenvalue weighted by Crippen LogP contribution is -2.29. The molecule has 0 aliphatic carbocycles. The molecule has 10 heteroatoms. The number of phenols is 1. The Hall–Kier alpha value is -4.37. The first-order valence-corrected chi connectivity index (χ1v) is 12.5. The molecule has 0 bridgehead atoms. The number of anilines is 1. The van der Waals surface area contributed by atoms with Crippen molar-refractivity contribution in [3.05, 3.63) is 76.3 Å². The summed E-state index contributed by atoms with van der Waals surface area (Å²) in [5, 5.41) is 21.7. The van der Waals surface area contributed by atoms with Crippen LogP contribution in [-0.2, 0) is 9.59 Å². The Kier molecular flexibility index (Phi) is 8.21. The van der Waals surface area contributed by atoms with Gasteiger partial charge in [-0.15, -0.1) is 0 Å². The summed E-state index contributed by atoms with van der Waals surface area (Å²) in [5.74, 6) is -0.951. The summed E-state index contributed by atoms with van der Waals surface area (Å²) >= 11 is 6.24. The summed E-state index contributed by atoms with van der Waals surface area (Å²) < 4.78 is 22.1. The summed E-state index contributed by atoms with van der Waals surface area (Å²) in [6, 6.07) is 12.7. The van der Waals surface area contributed by atoms with Crippen LogP contribution < -0.4 is 23.8 Å². The number of carbonyl (C=O) groups excluding carboxylic acids is 2. The summed E-state index contributed by atoms with van der Waals surface area (Å²) in [5.41, 5.74) is 0.754. The number of Topliss-reactive ketones (excluding diaryl/α,β-unsaturated/α-hetero) is 1. The van der Waals surface area contributed by atoms with Gasteiger partial charge in [-0.3, -0.25) is 14.5 Å². The smallest absolute Gasteiger partial charge is 0.300 e. The summed E-state index contributed by atoms with van der Waals surface area (Å²) in [4.78, 5) is 28.4. The van der Waals surface area contributed by atoms with Crippen LogP contribution in [0.3, 0.4) is 0 Å². The molecule has 0 radical (unpaired) electrons. The zero-order chi connectivity index (χ0) is 28.3. The maximum absolute atomic E-state index is 13.5. The lowest BCUT2D eigenvalue weighted by atomic mass is 9.94. The van der Waals surface area contributed by atoms with Crippen molar-refractivity contribution in [2.24, 2.45) is 0 Å². The number of carbonyl (C=O) groups is 2. The highest BCUT2D eigenvalue weighted by Crippen LogP contribution is 2.46. The number of hydrogen-bond donors (Lipinski definition) is 2. The average Bonchev–Trinajstić information content (AvgIpc) is 3.19. The van der Waals surface area contributed by atoms with E-state index in [1.807, 2.05) is 13.8 Å². The van der Waals surface area contributed by atoms with Crippen LogP contribution in [0.4, 0.5) is 5.69 Å². The third-order valence-electron chi connectivity index (χ3n) is 6.19. The summed E-state index contributed by atoms with van der Waals surface area (Å²) in [6.45, 7) is 4.41. The zero-order valence-electron chi connectivity index (χ0n) is 21.9. The SMILES string of the molecule is CCOc1ccc(N2C(=O)C(=O)/C(=C(/O)c3cc(OC)c(Cl)cc3OC)C2c2ccc(O)cc2)cc1OCC. The van der Waals surface area contributed by atoms with E-state index in [4.69, 9.17) is 30.5 Å². The molecular formula is C29H28ClNO8. The van der Waals surface area contributed by atoms with Crippen LogP contribution in [0.25, 0.3) is 5.76 Å². The number of aliphatic hydroxyl groups excluding tert-OH is 1. The van der Waals surface area contributed by atoms with Gasteiger partial charge in [-0.2, -0.15) is 0 Å². The van der Waals surface area contributed by atoms with E-state index in [1.54, 1.807) is 30.3 Å². The van der Waals surface area contributed by atoms with E-state index in [1.165, 1.54) is 43.4 Å². The second-order valence-corrected chi connectivity index (χ2v) is 8.85. The molecule has 0 saturated carbocycles. The molecule has 0 aromatic heterocycles. The number of ether oxygens (including phenoxy) is 4. The zero-order valence-corrected chi connectivity index (χ0v) is 22.6. The number of aliphatic hydroxyl groups is 1. The molecule has 1 atom stereocenters. The average molecular weight is 554 g/mol. The Morgan fingerprint density at radius 1 is 0.872 bits per heavy atom.